The maximum Gasteiger partial charge on any atom is 0.247 e. The van der Waals surface area contributed by atoms with Crippen LogP contribution in [0.5, 0.6) is 11.5 Å². The zero-order valence-electron chi connectivity index (χ0n) is 15.9. The van der Waals surface area contributed by atoms with Gasteiger partial charge in [0.2, 0.25) is 10.0 Å². The highest BCUT2D eigenvalue weighted by Gasteiger charge is 2.33. The van der Waals surface area contributed by atoms with E-state index in [1.165, 1.54) is 6.42 Å². The average molecular weight is 370 g/mol. The van der Waals surface area contributed by atoms with E-state index in [2.05, 4.69) is 0 Å². The number of rotatable bonds is 8. The molecule has 0 radical (unpaired) electrons. The van der Waals surface area contributed by atoms with Crippen molar-refractivity contribution in [3.05, 3.63) is 17.7 Å². The predicted octanol–water partition coefficient (Wildman–Crippen LogP) is 4.14. The Kier molecular flexibility index (Phi) is 7.14. The van der Waals surface area contributed by atoms with Gasteiger partial charge in [-0.3, -0.25) is 0 Å². The summed E-state index contributed by atoms with van der Waals surface area (Å²) >= 11 is 0. The zero-order valence-corrected chi connectivity index (χ0v) is 16.7. The number of sulfonamides is 1. The van der Waals surface area contributed by atoms with Gasteiger partial charge in [0.25, 0.3) is 0 Å². The predicted molar refractivity (Wildman–Crippen MR) is 100.0 cm³/mol. The lowest BCUT2D eigenvalue weighted by atomic mass is 9.95. The number of ether oxygens (including phenoxy) is 2. The summed E-state index contributed by atoms with van der Waals surface area (Å²) in [6, 6.07) is 3.48. The topological polar surface area (TPSA) is 55.8 Å². The minimum absolute atomic E-state index is 0.0788. The standard InChI is InChI=1S/C19H31NO4S/c1-5-20(16-11-9-8-10-12-16)25(21,22)19-14-17(23-6-2)15(4)13-18(19)24-7-3/h13-14,16H,5-12H2,1-4H3. The van der Waals surface area contributed by atoms with E-state index in [0.29, 0.717) is 31.3 Å². The number of nitrogens with zero attached hydrogens (tertiary/aromatic N) is 1. The van der Waals surface area contributed by atoms with E-state index in [1.807, 2.05) is 27.7 Å². The molecule has 25 heavy (non-hydrogen) atoms. The molecule has 1 aliphatic rings. The highest BCUT2D eigenvalue weighted by atomic mass is 32.2. The maximum atomic E-state index is 13.4. The lowest BCUT2D eigenvalue weighted by Crippen LogP contribution is -2.41. The molecule has 142 valence electrons. The Morgan fingerprint density at radius 2 is 1.60 bits per heavy atom. The molecule has 1 aromatic rings. The fraction of sp³-hybridized carbons (Fsp3) is 0.684. The van der Waals surface area contributed by atoms with Crippen molar-refractivity contribution in [1.29, 1.82) is 0 Å². The number of hydrogen-bond donors (Lipinski definition) is 0. The second-order valence-electron chi connectivity index (χ2n) is 6.43. The minimum atomic E-state index is -3.63. The van der Waals surface area contributed by atoms with Gasteiger partial charge in [-0.1, -0.05) is 26.2 Å². The van der Waals surface area contributed by atoms with Crippen LogP contribution in [0.2, 0.25) is 0 Å². The zero-order chi connectivity index (χ0) is 18.4. The summed E-state index contributed by atoms with van der Waals surface area (Å²) in [5.74, 6) is 1.02. The Morgan fingerprint density at radius 1 is 1.00 bits per heavy atom. The molecule has 1 fully saturated rings. The number of benzene rings is 1. The lowest BCUT2D eigenvalue weighted by Gasteiger charge is -2.33. The monoisotopic (exact) mass is 369 g/mol. The first kappa shape index (κ1) is 20.0. The molecule has 2 rings (SSSR count). The van der Waals surface area contributed by atoms with Gasteiger partial charge in [-0.05, 0) is 45.2 Å². The Morgan fingerprint density at radius 3 is 2.16 bits per heavy atom. The summed E-state index contributed by atoms with van der Waals surface area (Å²) < 4.78 is 39.8. The summed E-state index contributed by atoms with van der Waals surface area (Å²) in [6.45, 7) is 8.95. The first-order chi connectivity index (χ1) is 12.0. The van der Waals surface area contributed by atoms with Crippen molar-refractivity contribution in [3.8, 4) is 11.5 Å². The van der Waals surface area contributed by atoms with Crippen LogP contribution in [-0.4, -0.2) is 38.5 Å². The number of hydrogen-bond acceptors (Lipinski definition) is 4. The van der Waals surface area contributed by atoms with Gasteiger partial charge in [0.15, 0.2) is 0 Å². The fourth-order valence-electron chi connectivity index (χ4n) is 3.54. The van der Waals surface area contributed by atoms with E-state index in [4.69, 9.17) is 9.47 Å². The van der Waals surface area contributed by atoms with Gasteiger partial charge in [-0.15, -0.1) is 0 Å². The molecule has 6 heteroatoms. The molecule has 1 saturated carbocycles. The maximum absolute atomic E-state index is 13.4. The van der Waals surface area contributed by atoms with Crippen LogP contribution in [0.15, 0.2) is 17.0 Å². The Labute approximate surface area is 152 Å². The molecule has 1 aliphatic carbocycles. The van der Waals surface area contributed by atoms with Crippen LogP contribution in [0, 0.1) is 6.92 Å². The molecule has 0 heterocycles. The highest BCUT2D eigenvalue weighted by Crippen LogP contribution is 2.36. The van der Waals surface area contributed by atoms with Crippen LogP contribution in [0.25, 0.3) is 0 Å². The first-order valence-corrected chi connectivity index (χ1v) is 10.8. The van der Waals surface area contributed by atoms with E-state index in [1.54, 1.807) is 16.4 Å². The van der Waals surface area contributed by atoms with Crippen LogP contribution in [0.3, 0.4) is 0 Å². The van der Waals surface area contributed by atoms with Crippen molar-refractivity contribution in [2.75, 3.05) is 19.8 Å². The quantitative estimate of drug-likeness (QED) is 0.691. The van der Waals surface area contributed by atoms with Gasteiger partial charge in [0, 0.05) is 18.7 Å². The van der Waals surface area contributed by atoms with Gasteiger partial charge in [-0.25, -0.2) is 8.42 Å². The van der Waals surface area contributed by atoms with Crippen molar-refractivity contribution in [3.63, 3.8) is 0 Å². The third-order valence-corrected chi connectivity index (χ3v) is 6.77. The average Bonchev–Trinajstić information content (AvgIpc) is 2.59. The summed E-state index contributed by atoms with van der Waals surface area (Å²) in [7, 11) is -3.63. The Hall–Kier alpha value is -1.27. The van der Waals surface area contributed by atoms with Crippen molar-refractivity contribution < 1.29 is 17.9 Å². The summed E-state index contributed by atoms with van der Waals surface area (Å²) in [5.41, 5.74) is 0.880. The Bertz CT molecular complexity index is 666. The first-order valence-electron chi connectivity index (χ1n) is 9.37. The third kappa shape index (κ3) is 4.47. The molecule has 0 amide bonds. The van der Waals surface area contributed by atoms with Crippen molar-refractivity contribution in [1.82, 2.24) is 4.31 Å². The van der Waals surface area contributed by atoms with Crippen LogP contribution >= 0.6 is 0 Å². The second-order valence-corrected chi connectivity index (χ2v) is 8.29. The molecule has 0 spiro atoms. The SMILES string of the molecule is CCOc1cc(S(=O)(=O)N(CC)C2CCCCC2)c(OCC)cc1C. The van der Waals surface area contributed by atoms with Gasteiger partial charge in [0.05, 0.1) is 13.2 Å². The fourth-order valence-corrected chi connectivity index (χ4v) is 5.37. The van der Waals surface area contributed by atoms with Crippen LogP contribution in [0.4, 0.5) is 0 Å². The molecule has 0 saturated heterocycles. The van der Waals surface area contributed by atoms with Crippen molar-refractivity contribution in [2.45, 2.75) is 70.7 Å². The molecule has 0 unspecified atom stereocenters. The van der Waals surface area contributed by atoms with Crippen molar-refractivity contribution in [2.24, 2.45) is 0 Å². The molecule has 0 bridgehead atoms. The molecule has 0 N–H and O–H groups in total. The molecular formula is C19H31NO4S. The van der Waals surface area contributed by atoms with Gasteiger partial charge >= 0.3 is 0 Å². The van der Waals surface area contributed by atoms with Gasteiger partial charge in [-0.2, -0.15) is 4.31 Å². The van der Waals surface area contributed by atoms with E-state index >= 15 is 0 Å². The lowest BCUT2D eigenvalue weighted by molar-refractivity contribution is 0.259. The van der Waals surface area contributed by atoms with Crippen LogP contribution < -0.4 is 9.47 Å². The molecule has 0 aliphatic heterocycles. The molecular weight excluding hydrogens is 338 g/mol. The normalized spacial score (nSPS) is 16.2. The summed E-state index contributed by atoms with van der Waals surface area (Å²) in [5, 5.41) is 0. The van der Waals surface area contributed by atoms with E-state index in [9.17, 15) is 8.42 Å². The van der Waals surface area contributed by atoms with Gasteiger partial charge < -0.3 is 9.47 Å². The molecule has 0 aromatic heterocycles. The Balaban J connectivity index is 2.49. The highest BCUT2D eigenvalue weighted by molar-refractivity contribution is 7.89. The smallest absolute Gasteiger partial charge is 0.247 e. The third-order valence-electron chi connectivity index (χ3n) is 4.72. The van der Waals surface area contributed by atoms with E-state index in [0.717, 1.165) is 31.2 Å². The molecule has 5 nitrogen and oxygen atoms in total. The molecule has 0 atom stereocenters. The largest absolute Gasteiger partial charge is 0.494 e. The summed E-state index contributed by atoms with van der Waals surface area (Å²) in [4.78, 5) is 0.218. The van der Waals surface area contributed by atoms with Crippen LogP contribution in [0.1, 0.15) is 58.4 Å². The van der Waals surface area contributed by atoms with Crippen LogP contribution in [-0.2, 0) is 10.0 Å². The van der Waals surface area contributed by atoms with Gasteiger partial charge in [0.1, 0.15) is 16.4 Å². The number of aryl methyl sites for hydroxylation is 1. The second kappa shape index (κ2) is 8.90. The molecule has 1 aromatic carbocycles. The minimum Gasteiger partial charge on any atom is -0.494 e. The van der Waals surface area contributed by atoms with E-state index in [-0.39, 0.29) is 10.9 Å². The summed E-state index contributed by atoms with van der Waals surface area (Å²) in [6.07, 6.45) is 5.24. The van der Waals surface area contributed by atoms with E-state index < -0.39 is 10.0 Å². The van der Waals surface area contributed by atoms with Crippen molar-refractivity contribution >= 4 is 10.0 Å².